The first-order valence-corrected chi connectivity index (χ1v) is 16.0. The second-order valence-electron chi connectivity index (χ2n) is 15.3. The lowest BCUT2D eigenvalue weighted by Crippen LogP contribution is -2.17. The highest BCUT2D eigenvalue weighted by Crippen LogP contribution is 2.44. The van der Waals surface area contributed by atoms with Crippen LogP contribution >= 0.6 is 0 Å². The van der Waals surface area contributed by atoms with Crippen LogP contribution < -0.4 is 0 Å². The van der Waals surface area contributed by atoms with Gasteiger partial charge in [0.1, 0.15) is 17.1 Å². The van der Waals surface area contributed by atoms with E-state index in [0.717, 1.165) is 50.4 Å². The molecule has 0 spiro atoms. The molecule has 0 aliphatic carbocycles. The molecule has 0 bridgehead atoms. The molecule has 0 fully saturated rings. The Kier molecular flexibility index (Phi) is 7.63. The van der Waals surface area contributed by atoms with E-state index in [0.29, 0.717) is 11.4 Å². The van der Waals surface area contributed by atoms with Gasteiger partial charge in [-0.25, -0.2) is 4.98 Å². The molecule has 1 N–H and O–H groups in total. The van der Waals surface area contributed by atoms with Crippen molar-refractivity contribution in [2.24, 2.45) is 0 Å². The lowest BCUT2D eigenvalue weighted by Gasteiger charge is -2.27. The highest BCUT2D eigenvalue weighted by atomic mass is 16.3. The average molecular weight is 609 g/mol. The molecule has 0 aliphatic rings. The summed E-state index contributed by atoms with van der Waals surface area (Å²) in [6.07, 6.45) is 3.69. The van der Waals surface area contributed by atoms with E-state index in [1.165, 1.54) is 5.56 Å². The van der Waals surface area contributed by atoms with Crippen molar-refractivity contribution < 1.29 is 5.11 Å². The van der Waals surface area contributed by atoms with Gasteiger partial charge in [-0.05, 0) is 82.0 Å². The molecule has 3 aromatic heterocycles. The summed E-state index contributed by atoms with van der Waals surface area (Å²) in [5.74, 6) is 0.941. The minimum Gasteiger partial charge on any atom is -0.507 e. The van der Waals surface area contributed by atoms with Crippen molar-refractivity contribution in [3.8, 4) is 45.3 Å². The Bertz CT molecular complexity index is 2040. The van der Waals surface area contributed by atoms with Crippen LogP contribution in [-0.4, -0.2) is 24.6 Å². The summed E-state index contributed by atoms with van der Waals surface area (Å²) in [6.45, 7) is 19.7. The molecular formula is C41H44N4O. The van der Waals surface area contributed by atoms with Gasteiger partial charge in [-0.3, -0.25) is 14.5 Å². The van der Waals surface area contributed by atoms with Gasteiger partial charge in [0, 0.05) is 34.8 Å². The van der Waals surface area contributed by atoms with Crippen molar-refractivity contribution in [1.29, 1.82) is 0 Å². The molecule has 3 heterocycles. The van der Waals surface area contributed by atoms with Crippen LogP contribution in [0.25, 0.3) is 50.6 Å². The fourth-order valence-corrected chi connectivity index (χ4v) is 5.92. The molecule has 0 amide bonds. The van der Waals surface area contributed by atoms with Crippen LogP contribution in [0.1, 0.15) is 79.0 Å². The van der Waals surface area contributed by atoms with E-state index in [1.807, 2.05) is 54.9 Å². The third-order valence-electron chi connectivity index (χ3n) is 8.65. The van der Waals surface area contributed by atoms with Crippen LogP contribution in [0.5, 0.6) is 5.75 Å². The topological polar surface area (TPSA) is 63.8 Å². The Labute approximate surface area is 273 Å². The fourth-order valence-electron chi connectivity index (χ4n) is 5.92. The van der Waals surface area contributed by atoms with Gasteiger partial charge in [-0.1, -0.05) is 92.6 Å². The van der Waals surface area contributed by atoms with Gasteiger partial charge in [-0.2, -0.15) is 0 Å². The summed E-state index contributed by atoms with van der Waals surface area (Å²) in [7, 11) is 0. The van der Waals surface area contributed by atoms with E-state index in [9.17, 15) is 5.11 Å². The molecule has 0 saturated carbocycles. The first kappa shape index (κ1) is 31.2. The number of pyridine rings is 2. The molecule has 6 aromatic rings. The minimum atomic E-state index is -0.272. The predicted octanol–water partition coefficient (Wildman–Crippen LogP) is 10.4. The van der Waals surface area contributed by atoms with E-state index in [4.69, 9.17) is 9.97 Å². The lowest BCUT2D eigenvalue weighted by atomic mass is 9.79. The first-order valence-electron chi connectivity index (χ1n) is 16.0. The van der Waals surface area contributed by atoms with Crippen molar-refractivity contribution >= 4 is 11.0 Å². The lowest BCUT2D eigenvalue weighted by molar-refractivity contribution is 0.446. The molecule has 46 heavy (non-hydrogen) atoms. The summed E-state index contributed by atoms with van der Waals surface area (Å²) in [4.78, 5) is 15.0. The summed E-state index contributed by atoms with van der Waals surface area (Å²) in [6, 6.07) is 29.1. The molecule has 5 heteroatoms. The van der Waals surface area contributed by atoms with E-state index >= 15 is 0 Å². The SMILES string of the molecule is CC(C)(C)c1cc(-c2ccccn2)cc(-c2nccc3c2nc(-c2cc(C(C)(C)C)cc(C(C)(C)C)c2O)n3-c2ccccc2)c1. The number of rotatable bonds is 4. The number of aromatic hydroxyl groups is 1. The van der Waals surface area contributed by atoms with Crippen LogP contribution in [0.2, 0.25) is 0 Å². The van der Waals surface area contributed by atoms with Crippen LogP contribution in [0.3, 0.4) is 0 Å². The summed E-state index contributed by atoms with van der Waals surface area (Å²) < 4.78 is 2.15. The van der Waals surface area contributed by atoms with Gasteiger partial charge in [0.05, 0.1) is 22.5 Å². The van der Waals surface area contributed by atoms with E-state index in [2.05, 4.69) is 114 Å². The molecule has 3 aromatic carbocycles. The molecule has 0 saturated heterocycles. The van der Waals surface area contributed by atoms with Gasteiger partial charge in [0.15, 0.2) is 0 Å². The number of aromatic nitrogens is 4. The third-order valence-corrected chi connectivity index (χ3v) is 8.65. The zero-order valence-corrected chi connectivity index (χ0v) is 28.5. The van der Waals surface area contributed by atoms with Crippen LogP contribution in [0.4, 0.5) is 0 Å². The molecule has 0 atom stereocenters. The number of benzene rings is 3. The summed E-state index contributed by atoms with van der Waals surface area (Å²) in [5.41, 5.74) is 9.83. The van der Waals surface area contributed by atoms with E-state index < -0.39 is 0 Å². The highest BCUT2D eigenvalue weighted by Gasteiger charge is 2.29. The largest absolute Gasteiger partial charge is 0.507 e. The van der Waals surface area contributed by atoms with E-state index in [-0.39, 0.29) is 22.0 Å². The molecular weight excluding hydrogens is 564 g/mol. The molecule has 234 valence electrons. The first-order chi connectivity index (χ1) is 21.6. The summed E-state index contributed by atoms with van der Waals surface area (Å²) >= 11 is 0. The molecule has 6 rings (SSSR count). The smallest absolute Gasteiger partial charge is 0.149 e. The zero-order chi connectivity index (χ0) is 33.0. The summed E-state index contributed by atoms with van der Waals surface area (Å²) in [5, 5.41) is 12.0. The monoisotopic (exact) mass is 608 g/mol. The van der Waals surface area contributed by atoms with Gasteiger partial charge in [-0.15, -0.1) is 0 Å². The Morgan fingerprint density at radius 1 is 0.609 bits per heavy atom. The van der Waals surface area contributed by atoms with Crippen LogP contribution in [-0.2, 0) is 16.2 Å². The number of nitrogens with zero attached hydrogens (tertiary/aromatic N) is 4. The van der Waals surface area contributed by atoms with Crippen molar-refractivity contribution in [2.75, 3.05) is 0 Å². The van der Waals surface area contributed by atoms with Crippen molar-refractivity contribution in [2.45, 2.75) is 78.6 Å². The van der Waals surface area contributed by atoms with Gasteiger partial charge < -0.3 is 5.11 Å². The van der Waals surface area contributed by atoms with E-state index in [1.54, 1.807) is 0 Å². The Hall–Kier alpha value is -4.77. The van der Waals surface area contributed by atoms with Crippen LogP contribution in [0.15, 0.2) is 97.3 Å². The highest BCUT2D eigenvalue weighted by molar-refractivity contribution is 5.95. The number of phenols is 1. The second kappa shape index (κ2) is 11.2. The number of hydrogen-bond acceptors (Lipinski definition) is 4. The fraction of sp³-hybridized carbons (Fsp3) is 0.293. The maximum atomic E-state index is 12.0. The maximum absolute atomic E-state index is 12.0. The van der Waals surface area contributed by atoms with Crippen molar-refractivity contribution in [3.05, 3.63) is 114 Å². The van der Waals surface area contributed by atoms with Gasteiger partial charge in [0.2, 0.25) is 0 Å². The molecule has 5 nitrogen and oxygen atoms in total. The predicted molar refractivity (Wildman–Crippen MR) is 191 cm³/mol. The Balaban J connectivity index is 1.70. The number of para-hydroxylation sites is 1. The number of phenolic OH excluding ortho intramolecular Hbond substituents is 1. The average Bonchev–Trinajstić information content (AvgIpc) is 3.40. The standard InChI is InChI=1S/C41H44N4O/c1-39(2,3)28-22-26(33-17-13-14-19-42-33)21-27(23-28)35-36-34(18-20-43-35)45(30-15-11-10-12-16-30)38(44-36)31-24-29(40(4,5)6)25-32(37(31)46)41(7,8)9/h10-25,46H,1-9H3. The number of hydrogen-bond donors (Lipinski definition) is 1. The number of imidazole rings is 1. The van der Waals surface area contributed by atoms with Crippen LogP contribution in [0, 0.1) is 0 Å². The van der Waals surface area contributed by atoms with Crippen molar-refractivity contribution in [1.82, 2.24) is 19.5 Å². The quantitative estimate of drug-likeness (QED) is 0.216. The third kappa shape index (κ3) is 5.82. The Morgan fingerprint density at radius 3 is 1.89 bits per heavy atom. The normalized spacial score (nSPS) is 12.5. The second-order valence-corrected chi connectivity index (χ2v) is 15.3. The minimum absolute atomic E-state index is 0.0927. The molecule has 0 radical (unpaired) electrons. The Morgan fingerprint density at radius 2 is 1.26 bits per heavy atom. The maximum Gasteiger partial charge on any atom is 0.149 e. The molecule has 0 unspecified atom stereocenters. The zero-order valence-electron chi connectivity index (χ0n) is 28.5. The van der Waals surface area contributed by atoms with Gasteiger partial charge in [0.25, 0.3) is 0 Å². The molecule has 0 aliphatic heterocycles. The van der Waals surface area contributed by atoms with Crippen molar-refractivity contribution in [3.63, 3.8) is 0 Å². The van der Waals surface area contributed by atoms with Gasteiger partial charge >= 0.3 is 0 Å². The number of fused-ring (bicyclic) bond motifs is 1.